The molecule has 5 heteroatoms. The van der Waals surface area contributed by atoms with Gasteiger partial charge in [-0.15, -0.1) is 0 Å². The number of hydrogen-bond donors (Lipinski definition) is 1. The fraction of sp³-hybridized carbons (Fsp3) is 0.533. The summed E-state index contributed by atoms with van der Waals surface area (Å²) in [6.07, 6.45) is 3.24. The van der Waals surface area contributed by atoms with Crippen molar-refractivity contribution < 1.29 is 9.13 Å². The highest BCUT2D eigenvalue weighted by atomic mass is 19.1. The molecule has 1 aliphatic carbocycles. The second-order valence-corrected chi connectivity index (χ2v) is 5.69. The van der Waals surface area contributed by atoms with E-state index in [0.29, 0.717) is 12.1 Å². The Hall–Kier alpha value is -1.46. The molecular formula is C15H18FN3O. The third-order valence-corrected chi connectivity index (χ3v) is 4.06. The Balaban J connectivity index is 1.71. The number of benzene rings is 1. The van der Waals surface area contributed by atoms with Crippen LogP contribution in [0.1, 0.15) is 24.7 Å². The van der Waals surface area contributed by atoms with E-state index in [9.17, 15) is 4.39 Å². The van der Waals surface area contributed by atoms with Crippen LogP contribution in [0.2, 0.25) is 0 Å². The van der Waals surface area contributed by atoms with Crippen molar-refractivity contribution in [3.63, 3.8) is 0 Å². The van der Waals surface area contributed by atoms with Gasteiger partial charge in [-0.2, -0.15) is 0 Å². The predicted octanol–water partition coefficient (Wildman–Crippen LogP) is 2.04. The van der Waals surface area contributed by atoms with Crippen molar-refractivity contribution in [3.8, 4) is 0 Å². The zero-order valence-corrected chi connectivity index (χ0v) is 11.3. The zero-order valence-electron chi connectivity index (χ0n) is 11.3. The van der Waals surface area contributed by atoms with Gasteiger partial charge in [0, 0.05) is 31.1 Å². The van der Waals surface area contributed by atoms with Crippen molar-refractivity contribution in [1.29, 1.82) is 0 Å². The molecule has 4 nitrogen and oxygen atoms in total. The number of nitrogens with zero attached hydrogens (tertiary/aromatic N) is 2. The van der Waals surface area contributed by atoms with Crippen LogP contribution in [0.15, 0.2) is 18.2 Å². The number of imidazole rings is 1. The fourth-order valence-corrected chi connectivity index (χ4v) is 2.98. The summed E-state index contributed by atoms with van der Waals surface area (Å²) in [4.78, 5) is 4.66. The molecule has 0 bridgehead atoms. The van der Waals surface area contributed by atoms with Gasteiger partial charge < -0.3 is 14.6 Å². The predicted molar refractivity (Wildman–Crippen MR) is 74.3 cm³/mol. The average Bonchev–Trinajstić information content (AvgIpc) is 3.22. The summed E-state index contributed by atoms with van der Waals surface area (Å²) in [6, 6.07) is 5.76. The summed E-state index contributed by atoms with van der Waals surface area (Å²) in [5.74, 6) is 0.833. The molecule has 2 aromatic rings. The molecule has 4 rings (SSSR count). The SMILES string of the molecule is Fc1ccc2c(c1)nc(CC1COCCN1)n2C1CC1. The lowest BCUT2D eigenvalue weighted by Gasteiger charge is -2.23. The average molecular weight is 275 g/mol. The van der Waals surface area contributed by atoms with E-state index in [0.717, 1.165) is 43.0 Å². The van der Waals surface area contributed by atoms with Crippen LogP contribution in [0.4, 0.5) is 4.39 Å². The van der Waals surface area contributed by atoms with E-state index in [1.165, 1.54) is 25.0 Å². The van der Waals surface area contributed by atoms with Crippen LogP contribution in [0.5, 0.6) is 0 Å². The summed E-state index contributed by atoms with van der Waals surface area (Å²) in [6.45, 7) is 2.39. The smallest absolute Gasteiger partial charge is 0.125 e. The number of aromatic nitrogens is 2. The van der Waals surface area contributed by atoms with Crippen molar-refractivity contribution in [2.45, 2.75) is 31.3 Å². The number of ether oxygens (including phenoxy) is 1. The van der Waals surface area contributed by atoms with Crippen LogP contribution in [-0.4, -0.2) is 35.4 Å². The quantitative estimate of drug-likeness (QED) is 0.931. The molecule has 2 aliphatic rings. The molecule has 1 atom stereocenters. The molecule has 1 saturated heterocycles. The van der Waals surface area contributed by atoms with Gasteiger partial charge in [-0.1, -0.05) is 0 Å². The lowest BCUT2D eigenvalue weighted by Crippen LogP contribution is -2.43. The number of hydrogen-bond acceptors (Lipinski definition) is 3. The summed E-state index contributed by atoms with van der Waals surface area (Å²) < 4.78 is 21.2. The number of nitrogens with one attached hydrogen (secondary N) is 1. The topological polar surface area (TPSA) is 39.1 Å². The van der Waals surface area contributed by atoms with Crippen LogP contribution in [0.25, 0.3) is 11.0 Å². The first-order chi connectivity index (χ1) is 9.81. The Morgan fingerprint density at radius 2 is 2.30 bits per heavy atom. The largest absolute Gasteiger partial charge is 0.379 e. The molecule has 0 spiro atoms. The van der Waals surface area contributed by atoms with Gasteiger partial charge in [-0.25, -0.2) is 9.37 Å². The third kappa shape index (κ3) is 2.21. The molecular weight excluding hydrogens is 257 g/mol. The van der Waals surface area contributed by atoms with E-state index in [1.54, 1.807) is 0 Å². The Morgan fingerprint density at radius 1 is 1.40 bits per heavy atom. The maximum Gasteiger partial charge on any atom is 0.125 e. The van der Waals surface area contributed by atoms with Crippen molar-refractivity contribution >= 4 is 11.0 Å². The Labute approximate surface area is 116 Å². The minimum absolute atomic E-state index is 0.219. The lowest BCUT2D eigenvalue weighted by molar-refractivity contribution is 0.0761. The number of morpholine rings is 1. The summed E-state index contributed by atoms with van der Waals surface area (Å²) in [5.41, 5.74) is 1.82. The van der Waals surface area contributed by atoms with Crippen molar-refractivity contribution in [3.05, 3.63) is 29.8 Å². The Morgan fingerprint density at radius 3 is 3.05 bits per heavy atom. The van der Waals surface area contributed by atoms with Crippen LogP contribution in [0.3, 0.4) is 0 Å². The van der Waals surface area contributed by atoms with E-state index in [2.05, 4.69) is 14.9 Å². The van der Waals surface area contributed by atoms with Crippen LogP contribution >= 0.6 is 0 Å². The Kier molecular flexibility index (Phi) is 2.97. The van der Waals surface area contributed by atoms with E-state index in [4.69, 9.17) is 4.74 Å². The standard InChI is InChI=1S/C15H18FN3O/c16-10-1-4-14-13(7-10)18-15(19(14)12-2-3-12)8-11-9-20-6-5-17-11/h1,4,7,11-12,17H,2-3,5-6,8-9H2. The highest BCUT2D eigenvalue weighted by Gasteiger charge is 2.29. The number of halogens is 1. The van der Waals surface area contributed by atoms with Gasteiger partial charge in [-0.3, -0.25) is 0 Å². The molecule has 20 heavy (non-hydrogen) atoms. The van der Waals surface area contributed by atoms with E-state index >= 15 is 0 Å². The highest BCUT2D eigenvalue weighted by Crippen LogP contribution is 2.39. The number of rotatable bonds is 3. The fourth-order valence-electron chi connectivity index (χ4n) is 2.98. The maximum absolute atomic E-state index is 13.4. The monoisotopic (exact) mass is 275 g/mol. The van der Waals surface area contributed by atoms with E-state index in [1.807, 2.05) is 6.07 Å². The number of fused-ring (bicyclic) bond motifs is 1. The summed E-state index contributed by atoms with van der Waals surface area (Å²) in [7, 11) is 0. The van der Waals surface area contributed by atoms with Crippen LogP contribution in [0, 0.1) is 5.82 Å². The van der Waals surface area contributed by atoms with E-state index < -0.39 is 0 Å². The second-order valence-electron chi connectivity index (χ2n) is 5.69. The second kappa shape index (κ2) is 4.82. The van der Waals surface area contributed by atoms with Crippen molar-refractivity contribution in [2.24, 2.45) is 0 Å². The first kappa shape index (κ1) is 12.3. The molecule has 106 valence electrons. The highest BCUT2D eigenvalue weighted by molar-refractivity contribution is 5.76. The molecule has 1 aromatic heterocycles. The molecule has 2 fully saturated rings. The van der Waals surface area contributed by atoms with Gasteiger partial charge in [0.2, 0.25) is 0 Å². The maximum atomic E-state index is 13.4. The minimum Gasteiger partial charge on any atom is -0.379 e. The van der Waals surface area contributed by atoms with Gasteiger partial charge in [0.25, 0.3) is 0 Å². The molecule has 1 aromatic carbocycles. The van der Waals surface area contributed by atoms with Gasteiger partial charge in [-0.05, 0) is 25.0 Å². The summed E-state index contributed by atoms with van der Waals surface area (Å²) in [5, 5.41) is 3.46. The van der Waals surface area contributed by atoms with E-state index in [-0.39, 0.29) is 5.82 Å². The molecule has 0 amide bonds. The first-order valence-corrected chi connectivity index (χ1v) is 7.29. The molecule has 0 radical (unpaired) electrons. The lowest BCUT2D eigenvalue weighted by atomic mass is 10.2. The summed E-state index contributed by atoms with van der Waals surface area (Å²) >= 11 is 0. The molecule has 1 saturated carbocycles. The van der Waals surface area contributed by atoms with Crippen LogP contribution < -0.4 is 5.32 Å². The minimum atomic E-state index is -0.219. The van der Waals surface area contributed by atoms with Gasteiger partial charge >= 0.3 is 0 Å². The van der Waals surface area contributed by atoms with Gasteiger partial charge in [0.05, 0.1) is 24.2 Å². The third-order valence-electron chi connectivity index (χ3n) is 4.06. The van der Waals surface area contributed by atoms with Crippen molar-refractivity contribution in [1.82, 2.24) is 14.9 Å². The molecule has 1 N–H and O–H groups in total. The van der Waals surface area contributed by atoms with Gasteiger partial charge in [0.1, 0.15) is 11.6 Å². The zero-order chi connectivity index (χ0) is 13.5. The van der Waals surface area contributed by atoms with Crippen molar-refractivity contribution in [2.75, 3.05) is 19.8 Å². The molecule has 1 unspecified atom stereocenters. The first-order valence-electron chi connectivity index (χ1n) is 7.29. The van der Waals surface area contributed by atoms with Gasteiger partial charge in [0.15, 0.2) is 0 Å². The molecule has 2 heterocycles. The normalized spacial score (nSPS) is 23.4. The molecule has 1 aliphatic heterocycles. The van der Waals surface area contributed by atoms with Crippen LogP contribution in [-0.2, 0) is 11.2 Å². The Bertz CT molecular complexity index is 629.